The SMILES string of the molecule is O=S(=O)([O-])C(F)(F)F.[Li+].[Na+].[O-][Cl+3]([O-])([O-])[O-]. The Morgan fingerprint density at radius 2 is 1.07 bits per heavy atom. The van der Waals surface area contributed by atoms with Crippen molar-refractivity contribution < 1.29 is 103 Å². The third kappa shape index (κ3) is 25.6. The van der Waals surface area contributed by atoms with Crippen LogP contribution < -0.4 is 67.1 Å². The zero-order chi connectivity index (χ0) is 11.5. The van der Waals surface area contributed by atoms with Gasteiger partial charge in [0.2, 0.25) is 0 Å². The van der Waals surface area contributed by atoms with Crippen molar-refractivity contribution in [1.29, 1.82) is 0 Å². The molecule has 0 heterocycles. The second kappa shape index (κ2) is 8.51. The summed E-state index contributed by atoms with van der Waals surface area (Å²) in [4.78, 5) is 0. The molecule has 0 spiro atoms. The fourth-order valence-corrected chi connectivity index (χ4v) is 0. The van der Waals surface area contributed by atoms with Gasteiger partial charge in [-0.05, 0) is 0 Å². The van der Waals surface area contributed by atoms with Gasteiger partial charge in [-0.3, -0.25) is 0 Å². The normalized spacial score (nSPS) is 11.5. The van der Waals surface area contributed by atoms with Crippen molar-refractivity contribution in [2.75, 3.05) is 0 Å². The molecule has 0 N–H and O–H groups in total. The second-order valence-electron chi connectivity index (χ2n) is 1.28. The number of alkyl halides is 3. The smallest absolute Gasteiger partial charge is 0.741 e. The van der Waals surface area contributed by atoms with Crippen LogP contribution in [-0.2, 0) is 10.1 Å². The molecule has 0 aromatic rings. The maximum absolute atomic E-state index is 10.7. The fraction of sp³-hybridized carbons (Fsp3) is 1.00. The Balaban J connectivity index is -0.0000000770. The molecule has 0 unspecified atom stereocenters. The van der Waals surface area contributed by atoms with Crippen LogP contribution in [0.15, 0.2) is 0 Å². The molecule has 0 aromatic carbocycles. The summed E-state index contributed by atoms with van der Waals surface area (Å²) >= 11 is 0. The zero-order valence-electron chi connectivity index (χ0n) is 7.28. The summed E-state index contributed by atoms with van der Waals surface area (Å²) in [6.07, 6.45) is 0. The quantitative estimate of drug-likeness (QED) is 0.242. The first-order valence-electron chi connectivity index (χ1n) is 1.89. The van der Waals surface area contributed by atoms with E-state index < -0.39 is 25.9 Å². The Hall–Kier alpha value is 1.43. The van der Waals surface area contributed by atoms with Gasteiger partial charge in [0.25, 0.3) is 0 Å². The van der Waals surface area contributed by atoms with E-state index in [4.69, 9.17) is 31.6 Å². The van der Waals surface area contributed by atoms with Crippen molar-refractivity contribution in [2.45, 2.75) is 5.51 Å². The van der Waals surface area contributed by atoms with Gasteiger partial charge in [-0.1, -0.05) is 0 Å². The van der Waals surface area contributed by atoms with Crippen LogP contribution in [0.3, 0.4) is 0 Å². The number of halogens is 4. The van der Waals surface area contributed by atoms with E-state index in [1.165, 1.54) is 0 Å². The fourth-order valence-electron chi connectivity index (χ4n) is 0. The average Bonchev–Trinajstić information content (AvgIpc) is 1.50. The van der Waals surface area contributed by atoms with Crippen molar-refractivity contribution in [1.82, 2.24) is 0 Å². The van der Waals surface area contributed by atoms with Gasteiger partial charge in [0.15, 0.2) is 10.1 Å². The molecule has 0 aliphatic carbocycles. The summed E-state index contributed by atoms with van der Waals surface area (Å²) in [6.45, 7) is 0. The van der Waals surface area contributed by atoms with Crippen LogP contribution in [0.25, 0.3) is 0 Å². The van der Waals surface area contributed by atoms with Gasteiger partial charge in [0.1, 0.15) is 0 Å². The van der Waals surface area contributed by atoms with Crippen molar-refractivity contribution in [3.8, 4) is 0 Å². The van der Waals surface area contributed by atoms with Gasteiger partial charge >= 0.3 is 53.9 Å². The Bertz CT molecular complexity index is 240. The molecule has 0 atom stereocenters. The molecule has 0 saturated carbocycles. The van der Waals surface area contributed by atoms with Gasteiger partial charge in [0.05, 0.1) is 0 Å². The molecule has 7 nitrogen and oxygen atoms in total. The summed E-state index contributed by atoms with van der Waals surface area (Å²) in [5.41, 5.74) is -5.65. The summed E-state index contributed by atoms with van der Waals surface area (Å²) in [5, 5.41) is 0. The molecule has 82 valence electrons. The first kappa shape index (κ1) is 25.3. The summed E-state index contributed by atoms with van der Waals surface area (Å²) in [6, 6.07) is 0. The molecule has 0 saturated heterocycles. The van der Waals surface area contributed by atoms with Crippen LogP contribution in [0, 0.1) is 10.2 Å². The molecular formula is CClF3LiNaO7S. The molecule has 0 aromatic heterocycles. The summed E-state index contributed by atoms with van der Waals surface area (Å²) < 4.78 is 92.9. The molecule has 0 bridgehead atoms. The van der Waals surface area contributed by atoms with Gasteiger partial charge in [0, 0.05) is 0 Å². The van der Waals surface area contributed by atoms with E-state index in [1.807, 2.05) is 0 Å². The first-order valence-corrected chi connectivity index (χ1v) is 4.53. The standard InChI is InChI=1S/CHF3O3S.ClHO4.Li.Na/c2-1(3,4)8(5,6)7;2-1(3,4)5;;/h(H,5,6,7);(H,2,3,4,5);;/q;;2*+1/p-2. The molecule has 0 radical (unpaired) electrons. The molecule has 0 aliphatic heterocycles. The van der Waals surface area contributed by atoms with Crippen molar-refractivity contribution in [3.05, 3.63) is 0 Å². The Kier molecular flexibility index (Phi) is 14.4. The molecule has 14 heteroatoms. The summed E-state index contributed by atoms with van der Waals surface area (Å²) in [7, 11) is -11.0. The minimum absolute atomic E-state index is 0. The Labute approximate surface area is 118 Å². The van der Waals surface area contributed by atoms with Crippen LogP contribution in [0.4, 0.5) is 13.2 Å². The minimum Gasteiger partial charge on any atom is -0.741 e. The van der Waals surface area contributed by atoms with E-state index in [0.717, 1.165) is 0 Å². The summed E-state index contributed by atoms with van der Waals surface area (Å²) in [5.74, 6) is 0. The van der Waals surface area contributed by atoms with E-state index in [1.54, 1.807) is 0 Å². The molecular weight excluding hydrogens is 278 g/mol. The topological polar surface area (TPSA) is 149 Å². The van der Waals surface area contributed by atoms with E-state index in [9.17, 15) is 13.2 Å². The molecule has 15 heavy (non-hydrogen) atoms. The number of hydrogen-bond acceptors (Lipinski definition) is 7. The van der Waals surface area contributed by atoms with Crippen LogP contribution in [-0.4, -0.2) is 18.5 Å². The molecule has 0 rings (SSSR count). The molecule has 0 amide bonds. The van der Waals surface area contributed by atoms with E-state index in [0.29, 0.717) is 0 Å². The maximum Gasteiger partial charge on any atom is 1.00 e. The Morgan fingerprint density at radius 1 is 1.00 bits per heavy atom. The largest absolute Gasteiger partial charge is 1.00 e. The predicted molar refractivity (Wildman–Crippen MR) is 15.8 cm³/mol. The van der Waals surface area contributed by atoms with Crippen molar-refractivity contribution in [2.24, 2.45) is 0 Å². The Morgan fingerprint density at radius 3 is 1.07 bits per heavy atom. The van der Waals surface area contributed by atoms with Gasteiger partial charge in [-0.25, -0.2) is 27.1 Å². The molecule has 0 aliphatic rings. The van der Waals surface area contributed by atoms with Gasteiger partial charge in [-0.15, -0.1) is 10.2 Å². The van der Waals surface area contributed by atoms with Crippen molar-refractivity contribution in [3.63, 3.8) is 0 Å². The third-order valence-electron chi connectivity index (χ3n) is 0.283. The van der Waals surface area contributed by atoms with E-state index >= 15 is 0 Å². The molecule has 0 fully saturated rings. The monoisotopic (exact) mass is 278 g/mol. The average molecular weight is 278 g/mol. The third-order valence-corrected chi connectivity index (χ3v) is 0.850. The van der Waals surface area contributed by atoms with Crippen LogP contribution in [0.2, 0.25) is 0 Å². The first-order chi connectivity index (χ1) is 5.25. The van der Waals surface area contributed by atoms with Crippen LogP contribution in [0.5, 0.6) is 0 Å². The van der Waals surface area contributed by atoms with E-state index in [-0.39, 0.29) is 48.4 Å². The zero-order valence-corrected chi connectivity index (χ0v) is 10.9. The van der Waals surface area contributed by atoms with Crippen LogP contribution in [0.1, 0.15) is 0 Å². The van der Waals surface area contributed by atoms with E-state index in [2.05, 4.69) is 0 Å². The number of hydrogen-bond donors (Lipinski definition) is 0. The number of rotatable bonds is 0. The van der Waals surface area contributed by atoms with Crippen molar-refractivity contribution >= 4 is 10.1 Å². The second-order valence-corrected chi connectivity index (χ2v) is 3.40. The maximum atomic E-state index is 10.7. The minimum atomic E-state index is -6.09. The van der Waals surface area contributed by atoms with Gasteiger partial charge < -0.3 is 4.55 Å². The predicted octanol–water partition coefficient (Wildman–Crippen LogP) is -10.7. The van der Waals surface area contributed by atoms with Gasteiger partial charge in [-0.2, -0.15) is 13.2 Å². The van der Waals surface area contributed by atoms with Crippen LogP contribution >= 0.6 is 0 Å².